The van der Waals surface area contributed by atoms with Gasteiger partial charge in [-0.15, -0.1) is 10.2 Å². The van der Waals surface area contributed by atoms with Crippen LogP contribution in [-0.4, -0.2) is 19.8 Å². The SMILES string of the molecule is CCCc1nnc2sc(Cc3ccc(C)cc3)nn12. The Morgan fingerprint density at radius 1 is 1.16 bits per heavy atom. The third-order valence-electron chi connectivity index (χ3n) is 3.05. The number of aromatic nitrogens is 4. The molecule has 0 N–H and O–H groups in total. The topological polar surface area (TPSA) is 43.1 Å². The van der Waals surface area contributed by atoms with Crippen molar-refractivity contribution < 1.29 is 0 Å². The van der Waals surface area contributed by atoms with Crippen molar-refractivity contribution in [1.29, 1.82) is 0 Å². The molecular formula is C14H16N4S. The van der Waals surface area contributed by atoms with Crippen LogP contribution in [0.1, 0.15) is 35.3 Å². The Hall–Kier alpha value is -1.75. The number of benzene rings is 1. The van der Waals surface area contributed by atoms with Gasteiger partial charge in [-0.3, -0.25) is 0 Å². The van der Waals surface area contributed by atoms with E-state index in [0.717, 1.165) is 35.1 Å². The van der Waals surface area contributed by atoms with Crippen LogP contribution in [0, 0.1) is 6.92 Å². The molecule has 2 aromatic heterocycles. The van der Waals surface area contributed by atoms with Gasteiger partial charge in [0.05, 0.1) is 0 Å². The molecule has 0 atom stereocenters. The molecular weight excluding hydrogens is 256 g/mol. The van der Waals surface area contributed by atoms with Crippen molar-refractivity contribution in [3.05, 3.63) is 46.2 Å². The average Bonchev–Trinajstić information content (AvgIpc) is 2.94. The summed E-state index contributed by atoms with van der Waals surface area (Å²) >= 11 is 1.62. The minimum absolute atomic E-state index is 0.861. The molecule has 0 spiro atoms. The normalized spacial score (nSPS) is 11.3. The van der Waals surface area contributed by atoms with E-state index < -0.39 is 0 Å². The molecule has 0 saturated heterocycles. The van der Waals surface area contributed by atoms with E-state index in [2.05, 4.69) is 53.4 Å². The molecule has 3 aromatic rings. The van der Waals surface area contributed by atoms with E-state index in [1.807, 2.05) is 4.52 Å². The molecule has 0 unspecified atom stereocenters. The van der Waals surface area contributed by atoms with Crippen molar-refractivity contribution in [1.82, 2.24) is 19.8 Å². The lowest BCUT2D eigenvalue weighted by atomic mass is 10.1. The Morgan fingerprint density at radius 2 is 1.95 bits per heavy atom. The quantitative estimate of drug-likeness (QED) is 0.733. The lowest BCUT2D eigenvalue weighted by Gasteiger charge is -1.98. The van der Waals surface area contributed by atoms with Gasteiger partial charge in [0, 0.05) is 12.8 Å². The first kappa shape index (κ1) is 12.3. The molecule has 0 fully saturated rings. The van der Waals surface area contributed by atoms with Crippen molar-refractivity contribution in [3.8, 4) is 0 Å². The highest BCUT2D eigenvalue weighted by atomic mass is 32.1. The van der Waals surface area contributed by atoms with Crippen LogP contribution in [0.5, 0.6) is 0 Å². The van der Waals surface area contributed by atoms with Crippen molar-refractivity contribution >= 4 is 16.3 Å². The van der Waals surface area contributed by atoms with Crippen LogP contribution in [0.3, 0.4) is 0 Å². The zero-order valence-corrected chi connectivity index (χ0v) is 11.9. The van der Waals surface area contributed by atoms with Crippen LogP contribution < -0.4 is 0 Å². The molecule has 0 aliphatic carbocycles. The molecule has 0 amide bonds. The Labute approximate surface area is 116 Å². The number of hydrogen-bond donors (Lipinski definition) is 0. The molecule has 5 heteroatoms. The first-order valence-corrected chi connectivity index (χ1v) is 7.33. The second-order valence-electron chi connectivity index (χ2n) is 4.72. The van der Waals surface area contributed by atoms with Gasteiger partial charge in [-0.25, -0.2) is 0 Å². The maximum absolute atomic E-state index is 4.62. The molecule has 2 heterocycles. The Bertz CT molecular complexity index is 681. The molecule has 0 aliphatic heterocycles. The average molecular weight is 272 g/mol. The van der Waals surface area contributed by atoms with E-state index in [0.29, 0.717) is 0 Å². The van der Waals surface area contributed by atoms with Gasteiger partial charge in [-0.05, 0) is 18.9 Å². The van der Waals surface area contributed by atoms with E-state index in [1.165, 1.54) is 11.1 Å². The standard InChI is InChI=1S/C14H16N4S/c1-3-4-12-15-16-14-18(12)17-13(19-14)9-11-7-5-10(2)6-8-11/h5-8H,3-4,9H2,1-2H3. The van der Waals surface area contributed by atoms with Crippen LogP contribution >= 0.6 is 11.3 Å². The predicted molar refractivity (Wildman–Crippen MR) is 76.6 cm³/mol. The van der Waals surface area contributed by atoms with Gasteiger partial charge in [0.1, 0.15) is 5.01 Å². The van der Waals surface area contributed by atoms with Gasteiger partial charge in [0.25, 0.3) is 0 Å². The fourth-order valence-corrected chi connectivity index (χ4v) is 2.91. The van der Waals surface area contributed by atoms with E-state index >= 15 is 0 Å². The predicted octanol–water partition coefficient (Wildman–Crippen LogP) is 3.04. The van der Waals surface area contributed by atoms with Gasteiger partial charge in [0.15, 0.2) is 5.82 Å². The van der Waals surface area contributed by atoms with Gasteiger partial charge in [-0.1, -0.05) is 48.1 Å². The van der Waals surface area contributed by atoms with Crippen LogP contribution in [-0.2, 0) is 12.8 Å². The summed E-state index contributed by atoms with van der Waals surface area (Å²) in [6.45, 7) is 4.24. The molecule has 0 radical (unpaired) electrons. The molecule has 98 valence electrons. The highest BCUT2D eigenvalue weighted by Crippen LogP contribution is 2.18. The smallest absolute Gasteiger partial charge is 0.187 e. The molecule has 0 bridgehead atoms. The summed E-state index contributed by atoms with van der Waals surface area (Å²) in [6.07, 6.45) is 2.85. The monoisotopic (exact) mass is 272 g/mol. The zero-order chi connectivity index (χ0) is 13.2. The fourth-order valence-electron chi connectivity index (χ4n) is 2.03. The molecule has 4 nitrogen and oxygen atoms in total. The maximum atomic E-state index is 4.62. The highest BCUT2D eigenvalue weighted by molar-refractivity contribution is 7.16. The Kier molecular flexibility index (Phi) is 3.29. The molecule has 0 aliphatic rings. The number of aryl methyl sites for hydroxylation is 2. The fraction of sp³-hybridized carbons (Fsp3) is 0.357. The second-order valence-corrected chi connectivity index (χ2v) is 5.76. The summed E-state index contributed by atoms with van der Waals surface area (Å²) in [6, 6.07) is 8.59. The summed E-state index contributed by atoms with van der Waals surface area (Å²) in [5, 5.41) is 14.1. The minimum Gasteiger partial charge on any atom is -0.187 e. The van der Waals surface area contributed by atoms with E-state index in [4.69, 9.17) is 0 Å². The van der Waals surface area contributed by atoms with E-state index in [9.17, 15) is 0 Å². The van der Waals surface area contributed by atoms with Gasteiger partial charge in [0.2, 0.25) is 4.96 Å². The number of fused-ring (bicyclic) bond motifs is 1. The summed E-state index contributed by atoms with van der Waals surface area (Å²) in [5.74, 6) is 0.962. The van der Waals surface area contributed by atoms with Crippen molar-refractivity contribution in [2.75, 3.05) is 0 Å². The largest absolute Gasteiger partial charge is 0.234 e. The zero-order valence-electron chi connectivity index (χ0n) is 11.1. The van der Waals surface area contributed by atoms with Crippen molar-refractivity contribution in [2.24, 2.45) is 0 Å². The summed E-state index contributed by atoms with van der Waals surface area (Å²) < 4.78 is 1.89. The van der Waals surface area contributed by atoms with E-state index in [1.54, 1.807) is 11.3 Å². The van der Waals surface area contributed by atoms with Gasteiger partial charge in [-0.2, -0.15) is 9.61 Å². The minimum atomic E-state index is 0.861. The number of nitrogens with zero attached hydrogens (tertiary/aromatic N) is 4. The second kappa shape index (κ2) is 5.09. The van der Waals surface area contributed by atoms with E-state index in [-0.39, 0.29) is 0 Å². The first-order valence-electron chi connectivity index (χ1n) is 6.52. The van der Waals surface area contributed by atoms with Crippen LogP contribution in [0.2, 0.25) is 0 Å². The molecule has 19 heavy (non-hydrogen) atoms. The van der Waals surface area contributed by atoms with Crippen LogP contribution in [0.15, 0.2) is 24.3 Å². The summed E-state index contributed by atoms with van der Waals surface area (Å²) in [4.78, 5) is 0.894. The number of hydrogen-bond acceptors (Lipinski definition) is 4. The summed E-state index contributed by atoms with van der Waals surface area (Å²) in [7, 11) is 0. The highest BCUT2D eigenvalue weighted by Gasteiger charge is 2.11. The maximum Gasteiger partial charge on any atom is 0.234 e. The lowest BCUT2D eigenvalue weighted by molar-refractivity contribution is 0.767. The lowest BCUT2D eigenvalue weighted by Crippen LogP contribution is -1.96. The first-order chi connectivity index (χ1) is 9.26. The molecule has 0 saturated carbocycles. The number of rotatable bonds is 4. The third kappa shape index (κ3) is 2.51. The molecule has 3 rings (SSSR count). The van der Waals surface area contributed by atoms with Crippen molar-refractivity contribution in [3.63, 3.8) is 0 Å². The van der Waals surface area contributed by atoms with Crippen molar-refractivity contribution in [2.45, 2.75) is 33.1 Å². The summed E-state index contributed by atoms with van der Waals surface area (Å²) in [5.41, 5.74) is 2.57. The molecule has 1 aromatic carbocycles. The van der Waals surface area contributed by atoms with Crippen LogP contribution in [0.4, 0.5) is 0 Å². The van der Waals surface area contributed by atoms with Gasteiger partial charge >= 0.3 is 0 Å². The van der Waals surface area contributed by atoms with Crippen LogP contribution in [0.25, 0.3) is 4.96 Å². The third-order valence-corrected chi connectivity index (χ3v) is 3.95. The van der Waals surface area contributed by atoms with Gasteiger partial charge < -0.3 is 0 Å². The Balaban J connectivity index is 1.87. The Morgan fingerprint density at radius 3 is 2.68 bits per heavy atom.